The zero-order chi connectivity index (χ0) is 17.1. The third-order valence-corrected chi connectivity index (χ3v) is 4.16. The Morgan fingerprint density at radius 3 is 2.50 bits per heavy atom. The van der Waals surface area contributed by atoms with E-state index in [0.29, 0.717) is 31.9 Å². The van der Waals surface area contributed by atoms with Gasteiger partial charge >= 0.3 is 0 Å². The number of ether oxygens (including phenoxy) is 1. The summed E-state index contributed by atoms with van der Waals surface area (Å²) in [6.45, 7) is 1.11. The highest BCUT2D eigenvalue weighted by Gasteiger charge is 2.33. The molecule has 1 heterocycles. The number of rotatable bonds is 5. The zero-order valence-electron chi connectivity index (χ0n) is 13.0. The van der Waals surface area contributed by atoms with E-state index in [9.17, 15) is 18.3 Å². The highest BCUT2D eigenvalue weighted by molar-refractivity contribution is 5.24. The summed E-state index contributed by atoms with van der Waals surface area (Å²) in [6.07, 6.45) is -0.250. The molecule has 1 fully saturated rings. The fourth-order valence-corrected chi connectivity index (χ4v) is 3.03. The normalized spacial score (nSPS) is 21.2. The van der Waals surface area contributed by atoms with Gasteiger partial charge in [0.05, 0.1) is 6.10 Å². The molecule has 0 bridgehead atoms. The largest absolute Gasteiger partial charge is 0.492 e. The number of aliphatic hydroxyl groups excluding tert-OH is 1. The van der Waals surface area contributed by atoms with E-state index in [2.05, 4.69) is 0 Å². The van der Waals surface area contributed by atoms with Crippen LogP contribution in [0.15, 0.2) is 42.5 Å². The summed E-state index contributed by atoms with van der Waals surface area (Å²) in [5.74, 6) is -0.799. The molecule has 0 amide bonds. The van der Waals surface area contributed by atoms with E-state index in [1.54, 1.807) is 0 Å². The first-order valence-corrected chi connectivity index (χ1v) is 7.78. The summed E-state index contributed by atoms with van der Waals surface area (Å²) in [5, 5.41) is 9.90. The van der Waals surface area contributed by atoms with Gasteiger partial charge in [-0.05, 0) is 48.9 Å². The monoisotopic (exact) mass is 337 g/mol. The van der Waals surface area contributed by atoms with Gasteiger partial charge in [-0.3, -0.25) is 4.90 Å². The second-order valence-corrected chi connectivity index (χ2v) is 5.87. The third kappa shape index (κ3) is 3.88. The molecule has 0 aliphatic carbocycles. The fourth-order valence-electron chi connectivity index (χ4n) is 3.03. The number of nitrogens with zero attached hydrogens (tertiary/aromatic N) is 1. The van der Waals surface area contributed by atoms with Crippen molar-refractivity contribution in [3.63, 3.8) is 0 Å². The maximum Gasteiger partial charge on any atom is 0.128 e. The molecule has 3 rings (SSSR count). The topological polar surface area (TPSA) is 32.7 Å². The number of benzene rings is 2. The highest BCUT2D eigenvalue weighted by atomic mass is 19.1. The molecule has 0 unspecified atom stereocenters. The van der Waals surface area contributed by atoms with E-state index in [-0.39, 0.29) is 11.4 Å². The van der Waals surface area contributed by atoms with Gasteiger partial charge in [-0.1, -0.05) is 0 Å². The predicted octanol–water partition coefficient (Wildman–Crippen LogP) is 3.29. The van der Waals surface area contributed by atoms with Crippen molar-refractivity contribution in [2.45, 2.75) is 18.6 Å². The van der Waals surface area contributed by atoms with Gasteiger partial charge in [0.2, 0.25) is 0 Å². The van der Waals surface area contributed by atoms with E-state index in [1.807, 2.05) is 4.90 Å². The van der Waals surface area contributed by atoms with Crippen LogP contribution in [0, 0.1) is 17.5 Å². The first-order chi connectivity index (χ1) is 11.5. The van der Waals surface area contributed by atoms with Crippen LogP contribution in [0.5, 0.6) is 5.75 Å². The quantitative estimate of drug-likeness (QED) is 0.909. The van der Waals surface area contributed by atoms with Gasteiger partial charge in [0.25, 0.3) is 0 Å². The van der Waals surface area contributed by atoms with E-state index in [0.717, 1.165) is 12.1 Å². The number of hydrogen-bond donors (Lipinski definition) is 1. The average molecular weight is 337 g/mol. The van der Waals surface area contributed by atoms with Crippen molar-refractivity contribution in [3.05, 3.63) is 65.5 Å². The summed E-state index contributed by atoms with van der Waals surface area (Å²) in [6, 6.07) is 8.61. The van der Waals surface area contributed by atoms with Crippen LogP contribution in [-0.4, -0.2) is 35.8 Å². The molecule has 3 nitrogen and oxygen atoms in total. The van der Waals surface area contributed by atoms with Gasteiger partial charge < -0.3 is 9.84 Å². The highest BCUT2D eigenvalue weighted by Crippen LogP contribution is 2.33. The SMILES string of the molecule is O[C@H]1C[C@H](c2cc(F)ccc2F)N(CCOc2ccc(F)cc2)C1. The Bertz CT molecular complexity index is 693. The lowest BCUT2D eigenvalue weighted by Gasteiger charge is -2.24. The Hall–Kier alpha value is -2.05. The molecule has 1 N–H and O–H groups in total. The maximum absolute atomic E-state index is 14.0. The van der Waals surface area contributed by atoms with Gasteiger partial charge in [-0.15, -0.1) is 0 Å². The fraction of sp³-hybridized carbons (Fsp3) is 0.333. The average Bonchev–Trinajstić information content (AvgIpc) is 2.92. The van der Waals surface area contributed by atoms with Crippen molar-refractivity contribution >= 4 is 0 Å². The molecule has 0 saturated carbocycles. The summed E-state index contributed by atoms with van der Waals surface area (Å²) in [7, 11) is 0. The smallest absolute Gasteiger partial charge is 0.128 e. The van der Waals surface area contributed by atoms with Crippen LogP contribution in [0.3, 0.4) is 0 Å². The molecular formula is C18H18F3NO2. The zero-order valence-corrected chi connectivity index (χ0v) is 13.0. The molecule has 2 aromatic carbocycles. The number of aliphatic hydroxyl groups is 1. The Morgan fingerprint density at radius 1 is 1.04 bits per heavy atom. The first kappa shape index (κ1) is 16.8. The molecule has 2 atom stereocenters. The van der Waals surface area contributed by atoms with Crippen LogP contribution >= 0.6 is 0 Å². The van der Waals surface area contributed by atoms with E-state index in [4.69, 9.17) is 4.74 Å². The van der Waals surface area contributed by atoms with Crippen LogP contribution in [0.4, 0.5) is 13.2 Å². The summed E-state index contributed by atoms with van der Waals surface area (Å²) in [4.78, 5) is 1.87. The van der Waals surface area contributed by atoms with E-state index < -0.39 is 23.8 Å². The van der Waals surface area contributed by atoms with Gasteiger partial charge in [0, 0.05) is 24.7 Å². The molecule has 24 heavy (non-hydrogen) atoms. The number of hydrogen-bond acceptors (Lipinski definition) is 3. The minimum Gasteiger partial charge on any atom is -0.492 e. The van der Waals surface area contributed by atoms with Gasteiger partial charge in [-0.2, -0.15) is 0 Å². The van der Waals surface area contributed by atoms with Crippen LogP contribution in [0.2, 0.25) is 0 Å². The minimum absolute atomic E-state index is 0.244. The van der Waals surface area contributed by atoms with Gasteiger partial charge in [0.15, 0.2) is 0 Å². The van der Waals surface area contributed by atoms with Crippen molar-refractivity contribution in [2.24, 2.45) is 0 Å². The molecule has 1 saturated heterocycles. The summed E-state index contributed by atoms with van der Waals surface area (Å²) < 4.78 is 45.8. The first-order valence-electron chi connectivity index (χ1n) is 7.78. The predicted molar refractivity (Wildman–Crippen MR) is 83.2 cm³/mol. The Kier molecular flexibility index (Phi) is 5.06. The molecule has 1 aliphatic heterocycles. The van der Waals surface area contributed by atoms with Crippen molar-refractivity contribution in [1.82, 2.24) is 4.90 Å². The van der Waals surface area contributed by atoms with Crippen molar-refractivity contribution in [3.8, 4) is 5.75 Å². The van der Waals surface area contributed by atoms with Crippen LogP contribution in [-0.2, 0) is 0 Å². The second kappa shape index (κ2) is 7.23. The maximum atomic E-state index is 14.0. The van der Waals surface area contributed by atoms with Crippen molar-refractivity contribution < 1.29 is 23.0 Å². The summed E-state index contributed by atoms with van der Waals surface area (Å²) in [5.41, 5.74) is 0.244. The molecule has 1 aliphatic rings. The lowest BCUT2D eigenvalue weighted by molar-refractivity contribution is 0.161. The molecule has 0 aromatic heterocycles. The molecule has 128 valence electrons. The molecular weight excluding hydrogens is 319 g/mol. The van der Waals surface area contributed by atoms with Gasteiger partial charge in [-0.25, -0.2) is 13.2 Å². The Balaban J connectivity index is 1.65. The lowest BCUT2D eigenvalue weighted by Crippen LogP contribution is -2.29. The van der Waals surface area contributed by atoms with E-state index in [1.165, 1.54) is 30.3 Å². The lowest BCUT2D eigenvalue weighted by atomic mass is 10.0. The molecule has 2 aromatic rings. The van der Waals surface area contributed by atoms with Crippen molar-refractivity contribution in [2.75, 3.05) is 19.7 Å². The molecule has 6 heteroatoms. The molecule has 0 radical (unpaired) electrons. The minimum atomic E-state index is -0.594. The van der Waals surface area contributed by atoms with E-state index >= 15 is 0 Å². The standard InChI is InChI=1S/C18H18F3NO2/c19-12-1-4-15(5-2-12)24-8-7-22-11-14(23)10-18(22)16-9-13(20)3-6-17(16)21/h1-6,9,14,18,23H,7-8,10-11H2/t14-,18+/m0/s1. The van der Waals surface area contributed by atoms with Gasteiger partial charge in [0.1, 0.15) is 29.8 Å². The Labute approximate surface area is 138 Å². The van der Waals surface area contributed by atoms with Crippen LogP contribution in [0.1, 0.15) is 18.0 Å². The van der Waals surface area contributed by atoms with Crippen LogP contribution in [0.25, 0.3) is 0 Å². The van der Waals surface area contributed by atoms with Crippen LogP contribution < -0.4 is 4.74 Å². The number of halogens is 3. The second-order valence-electron chi connectivity index (χ2n) is 5.87. The molecule has 0 spiro atoms. The Morgan fingerprint density at radius 2 is 1.75 bits per heavy atom. The number of likely N-dealkylation sites (tertiary alicyclic amines) is 1. The summed E-state index contributed by atoms with van der Waals surface area (Å²) >= 11 is 0. The van der Waals surface area contributed by atoms with Crippen molar-refractivity contribution in [1.29, 1.82) is 0 Å². The third-order valence-electron chi connectivity index (χ3n) is 4.16. The number of β-amino-alcohol motifs (C(OH)–C–C–N with tert-alkyl or cyclic N) is 1.